The number of phenols is 1. The van der Waals surface area contributed by atoms with Gasteiger partial charge in [-0.2, -0.15) is 0 Å². The van der Waals surface area contributed by atoms with Crippen LogP contribution >= 0.6 is 0 Å². The molecule has 8 heteroatoms. The van der Waals surface area contributed by atoms with E-state index in [-0.39, 0.29) is 29.2 Å². The average molecular weight is 505 g/mol. The van der Waals surface area contributed by atoms with Gasteiger partial charge in [-0.25, -0.2) is 0 Å². The number of fused-ring (bicyclic) bond motifs is 2. The predicted octanol–water partition coefficient (Wildman–Crippen LogP) is 4.77. The van der Waals surface area contributed by atoms with Gasteiger partial charge < -0.3 is 23.9 Å². The molecule has 0 aliphatic carbocycles. The summed E-state index contributed by atoms with van der Waals surface area (Å²) in [7, 11) is 1.63. The molecule has 0 bridgehead atoms. The summed E-state index contributed by atoms with van der Waals surface area (Å²) in [6, 6.07) is 9.05. The van der Waals surface area contributed by atoms with Gasteiger partial charge >= 0.3 is 5.97 Å². The highest BCUT2D eigenvalue weighted by molar-refractivity contribution is 6.15. The van der Waals surface area contributed by atoms with E-state index in [1.807, 2.05) is 31.3 Å². The highest BCUT2D eigenvalue weighted by Crippen LogP contribution is 2.41. The number of aromatic nitrogens is 1. The first-order valence-corrected chi connectivity index (χ1v) is 12.8. The quantitative estimate of drug-likeness (QED) is 0.366. The number of esters is 1. The van der Waals surface area contributed by atoms with Crippen LogP contribution < -0.4 is 9.47 Å². The number of phenolic OH excluding ortho intramolecular Hbond substituents is 1. The van der Waals surface area contributed by atoms with Crippen LogP contribution in [0.3, 0.4) is 0 Å². The summed E-state index contributed by atoms with van der Waals surface area (Å²) in [4.78, 5) is 27.5. The third-order valence-electron chi connectivity index (χ3n) is 7.25. The number of benzene rings is 2. The SMILES string of the molecule is CCOC(=O)C1CCN(Cc2c(O)ccc3c2O/C(=C/c2cn(CC)c4ccc(OC)cc24)C3=O)CC1. The van der Waals surface area contributed by atoms with Crippen molar-refractivity contribution in [3.63, 3.8) is 0 Å². The Bertz CT molecular complexity index is 1380. The fourth-order valence-corrected chi connectivity index (χ4v) is 5.21. The van der Waals surface area contributed by atoms with Crippen molar-refractivity contribution in [1.29, 1.82) is 0 Å². The van der Waals surface area contributed by atoms with Gasteiger partial charge in [-0.3, -0.25) is 14.5 Å². The van der Waals surface area contributed by atoms with Gasteiger partial charge in [0.1, 0.15) is 17.2 Å². The maximum Gasteiger partial charge on any atom is 0.309 e. The summed E-state index contributed by atoms with van der Waals surface area (Å²) in [5.74, 6) is 1.01. The molecule has 194 valence electrons. The van der Waals surface area contributed by atoms with E-state index in [1.165, 1.54) is 0 Å². The number of nitrogens with zero attached hydrogens (tertiary/aromatic N) is 2. The number of likely N-dealkylation sites (tertiary alicyclic amines) is 1. The molecule has 0 amide bonds. The van der Waals surface area contributed by atoms with Crippen molar-refractivity contribution in [2.45, 2.75) is 39.8 Å². The maximum atomic E-state index is 13.3. The summed E-state index contributed by atoms with van der Waals surface area (Å²) < 4.78 is 18.8. The van der Waals surface area contributed by atoms with Crippen molar-refractivity contribution >= 4 is 28.7 Å². The molecule has 2 aliphatic heterocycles. The molecule has 1 aromatic heterocycles. The molecule has 5 rings (SSSR count). The van der Waals surface area contributed by atoms with Gasteiger partial charge in [0.05, 0.1) is 30.8 Å². The van der Waals surface area contributed by atoms with Crippen LogP contribution in [0.5, 0.6) is 17.2 Å². The lowest BCUT2D eigenvalue weighted by Crippen LogP contribution is -2.36. The van der Waals surface area contributed by atoms with Crippen LogP contribution in [0.25, 0.3) is 17.0 Å². The molecule has 0 radical (unpaired) electrons. The van der Waals surface area contributed by atoms with Crippen molar-refractivity contribution in [1.82, 2.24) is 9.47 Å². The average Bonchev–Trinajstić information content (AvgIpc) is 3.42. The third-order valence-corrected chi connectivity index (χ3v) is 7.25. The van der Waals surface area contributed by atoms with E-state index in [1.54, 1.807) is 25.3 Å². The molecule has 0 atom stereocenters. The molecule has 2 aliphatic rings. The standard InChI is InChI=1S/C29H32N2O6/c1-4-31-16-19(22-15-20(35-3)6-8-24(22)31)14-26-27(33)21-7-9-25(32)23(28(21)37-26)17-30-12-10-18(11-13-30)29(34)36-5-2/h6-9,14-16,18,32H,4-5,10-13,17H2,1-3H3/b26-14+. The molecule has 37 heavy (non-hydrogen) atoms. The van der Waals surface area contributed by atoms with Crippen molar-refractivity contribution in [2.75, 3.05) is 26.8 Å². The van der Waals surface area contributed by atoms with Crippen LogP contribution in [-0.2, 0) is 22.6 Å². The minimum atomic E-state index is -0.211. The molecule has 8 nitrogen and oxygen atoms in total. The largest absolute Gasteiger partial charge is 0.507 e. The number of piperidine rings is 1. The number of carbonyl (C=O) groups is 2. The lowest BCUT2D eigenvalue weighted by molar-refractivity contribution is -0.149. The Hall–Kier alpha value is -3.78. The monoisotopic (exact) mass is 504 g/mol. The Morgan fingerprint density at radius 2 is 1.97 bits per heavy atom. The molecule has 1 saturated heterocycles. The molecule has 1 N–H and O–H groups in total. The molecule has 2 aromatic carbocycles. The zero-order valence-electron chi connectivity index (χ0n) is 21.5. The van der Waals surface area contributed by atoms with E-state index in [0.29, 0.717) is 56.0 Å². The normalized spacial score (nSPS) is 17.3. The highest BCUT2D eigenvalue weighted by atomic mass is 16.5. The number of ketones is 1. The molecular weight excluding hydrogens is 472 g/mol. The van der Waals surface area contributed by atoms with Crippen molar-refractivity contribution < 1.29 is 28.9 Å². The smallest absolute Gasteiger partial charge is 0.309 e. The predicted molar refractivity (Wildman–Crippen MR) is 140 cm³/mol. The number of aryl methyl sites for hydroxylation is 1. The molecular formula is C29H32N2O6. The van der Waals surface area contributed by atoms with Crippen LogP contribution in [-0.4, -0.2) is 53.1 Å². The van der Waals surface area contributed by atoms with E-state index in [0.717, 1.165) is 28.8 Å². The van der Waals surface area contributed by atoms with E-state index >= 15 is 0 Å². The van der Waals surface area contributed by atoms with Crippen LogP contribution in [0.4, 0.5) is 0 Å². The summed E-state index contributed by atoms with van der Waals surface area (Å²) in [5, 5.41) is 11.6. The number of Topliss-reactive ketones (excluding diaryl/α,β-unsaturated/α-hetero) is 1. The first kappa shape index (κ1) is 24.9. The fraction of sp³-hybridized carbons (Fsp3) is 0.379. The minimum Gasteiger partial charge on any atom is -0.507 e. The number of rotatable bonds is 7. The fourth-order valence-electron chi connectivity index (χ4n) is 5.21. The maximum absolute atomic E-state index is 13.3. The number of carbonyl (C=O) groups excluding carboxylic acids is 2. The lowest BCUT2D eigenvalue weighted by atomic mass is 9.96. The van der Waals surface area contributed by atoms with E-state index in [2.05, 4.69) is 16.4 Å². The van der Waals surface area contributed by atoms with Gasteiger partial charge in [0, 0.05) is 35.8 Å². The molecule has 3 aromatic rings. The topological polar surface area (TPSA) is 90.2 Å². The van der Waals surface area contributed by atoms with Gasteiger partial charge in [0.25, 0.3) is 0 Å². The summed E-state index contributed by atoms with van der Waals surface area (Å²) in [6.07, 6.45) is 5.17. The third kappa shape index (κ3) is 4.69. The minimum absolute atomic E-state index is 0.0904. The van der Waals surface area contributed by atoms with Crippen LogP contribution in [0.1, 0.15) is 48.2 Å². The number of ether oxygens (including phenoxy) is 3. The number of allylic oxidation sites excluding steroid dienone is 1. The first-order chi connectivity index (χ1) is 17.9. The zero-order valence-corrected chi connectivity index (χ0v) is 21.5. The Balaban J connectivity index is 1.40. The summed E-state index contributed by atoms with van der Waals surface area (Å²) in [6.45, 7) is 6.87. The zero-order chi connectivity index (χ0) is 26.1. The van der Waals surface area contributed by atoms with Crippen LogP contribution in [0.2, 0.25) is 0 Å². The van der Waals surface area contributed by atoms with Crippen molar-refractivity contribution in [3.05, 3.63) is 59.0 Å². The second-order valence-corrected chi connectivity index (χ2v) is 9.44. The van der Waals surface area contributed by atoms with Gasteiger partial charge in [-0.05, 0) is 76.2 Å². The second kappa shape index (κ2) is 10.3. The van der Waals surface area contributed by atoms with Gasteiger partial charge in [0.15, 0.2) is 5.76 Å². The number of methoxy groups -OCH3 is 1. The Labute approximate surface area is 216 Å². The van der Waals surface area contributed by atoms with Crippen molar-refractivity contribution in [3.8, 4) is 17.2 Å². The highest BCUT2D eigenvalue weighted by Gasteiger charge is 2.33. The van der Waals surface area contributed by atoms with Gasteiger partial charge in [-0.15, -0.1) is 0 Å². The Morgan fingerprint density at radius 1 is 1.19 bits per heavy atom. The van der Waals surface area contributed by atoms with Crippen molar-refractivity contribution in [2.24, 2.45) is 5.92 Å². The molecule has 0 saturated carbocycles. The molecule has 1 fully saturated rings. The Kier molecular flexibility index (Phi) is 6.93. The van der Waals surface area contributed by atoms with E-state index in [9.17, 15) is 14.7 Å². The Morgan fingerprint density at radius 3 is 2.68 bits per heavy atom. The molecule has 0 spiro atoms. The van der Waals surface area contributed by atoms with E-state index in [4.69, 9.17) is 14.2 Å². The van der Waals surface area contributed by atoms with E-state index < -0.39 is 0 Å². The number of hydrogen-bond donors (Lipinski definition) is 1. The lowest BCUT2D eigenvalue weighted by Gasteiger charge is -2.31. The summed E-state index contributed by atoms with van der Waals surface area (Å²) >= 11 is 0. The molecule has 0 unspecified atom stereocenters. The number of aromatic hydroxyl groups is 1. The van der Waals surface area contributed by atoms with Crippen LogP contribution in [0, 0.1) is 5.92 Å². The summed E-state index contributed by atoms with van der Waals surface area (Å²) in [5.41, 5.74) is 2.93. The number of hydrogen-bond acceptors (Lipinski definition) is 7. The van der Waals surface area contributed by atoms with Gasteiger partial charge in [-0.1, -0.05) is 0 Å². The first-order valence-electron chi connectivity index (χ1n) is 12.8. The molecule has 3 heterocycles. The second-order valence-electron chi connectivity index (χ2n) is 9.44. The van der Waals surface area contributed by atoms with Gasteiger partial charge in [0.2, 0.25) is 5.78 Å². The van der Waals surface area contributed by atoms with Crippen LogP contribution in [0.15, 0.2) is 42.3 Å².